The summed E-state index contributed by atoms with van der Waals surface area (Å²) in [5.41, 5.74) is 2.38. The highest BCUT2D eigenvalue weighted by molar-refractivity contribution is 7.07. The Kier molecular flexibility index (Phi) is 3.71. The third-order valence-corrected chi connectivity index (χ3v) is 5.69. The Bertz CT molecular complexity index is 680. The van der Waals surface area contributed by atoms with E-state index in [2.05, 4.69) is 27.8 Å². The van der Waals surface area contributed by atoms with Crippen LogP contribution in [0, 0.1) is 5.92 Å². The molecule has 4 rings (SSSR count). The third kappa shape index (κ3) is 2.80. The largest absolute Gasteiger partial charge is 0.335 e. The topological polar surface area (TPSA) is 20.3 Å². The van der Waals surface area contributed by atoms with Crippen LogP contribution in [0.5, 0.6) is 0 Å². The first-order valence-electron chi connectivity index (χ1n) is 7.80. The summed E-state index contributed by atoms with van der Waals surface area (Å²) in [6.45, 7) is 0.763. The van der Waals surface area contributed by atoms with E-state index < -0.39 is 0 Å². The molecular weight excluding hydrogens is 314 g/mol. The van der Waals surface area contributed by atoms with E-state index in [9.17, 15) is 4.79 Å². The molecule has 0 bridgehead atoms. The van der Waals surface area contributed by atoms with Crippen LogP contribution in [-0.4, -0.2) is 16.8 Å². The number of thiophene rings is 1. The van der Waals surface area contributed by atoms with Crippen LogP contribution in [0.2, 0.25) is 5.02 Å². The number of rotatable bonds is 5. The van der Waals surface area contributed by atoms with E-state index in [1.807, 2.05) is 18.2 Å². The summed E-state index contributed by atoms with van der Waals surface area (Å²) in [5, 5.41) is 5.01. The molecule has 0 spiro atoms. The second-order valence-corrected chi connectivity index (χ2v) is 7.49. The average Bonchev–Trinajstić information content (AvgIpc) is 3.44. The molecule has 2 saturated carbocycles. The molecule has 0 radical (unpaired) electrons. The SMILES string of the molecule is O=C(C1CC1c1ccccc1Cl)N(Cc1ccsc1)C1CC1. The molecule has 1 amide bonds. The minimum atomic E-state index is 0.124. The van der Waals surface area contributed by atoms with Gasteiger partial charge in [-0.3, -0.25) is 4.79 Å². The fourth-order valence-electron chi connectivity index (χ4n) is 3.15. The lowest BCUT2D eigenvalue weighted by molar-refractivity contribution is -0.133. The zero-order valence-electron chi connectivity index (χ0n) is 12.2. The summed E-state index contributed by atoms with van der Waals surface area (Å²) in [6.07, 6.45) is 3.24. The summed E-state index contributed by atoms with van der Waals surface area (Å²) in [5.74, 6) is 0.752. The summed E-state index contributed by atoms with van der Waals surface area (Å²) in [4.78, 5) is 15.0. The highest BCUT2D eigenvalue weighted by Crippen LogP contribution is 2.51. The van der Waals surface area contributed by atoms with Crippen LogP contribution >= 0.6 is 22.9 Å². The Morgan fingerprint density at radius 1 is 1.27 bits per heavy atom. The van der Waals surface area contributed by atoms with Gasteiger partial charge in [0.1, 0.15) is 0 Å². The summed E-state index contributed by atoms with van der Waals surface area (Å²) >= 11 is 7.97. The Morgan fingerprint density at radius 2 is 2.09 bits per heavy atom. The van der Waals surface area contributed by atoms with Gasteiger partial charge >= 0.3 is 0 Å². The molecular formula is C18H18ClNOS. The summed E-state index contributed by atoms with van der Waals surface area (Å²) < 4.78 is 0. The summed E-state index contributed by atoms with van der Waals surface area (Å²) in [7, 11) is 0. The van der Waals surface area contributed by atoms with Gasteiger partial charge in [0.15, 0.2) is 0 Å². The van der Waals surface area contributed by atoms with Crippen molar-refractivity contribution >= 4 is 28.8 Å². The molecule has 0 N–H and O–H groups in total. The van der Waals surface area contributed by atoms with E-state index in [-0.39, 0.29) is 5.92 Å². The molecule has 2 aliphatic rings. The molecule has 2 unspecified atom stereocenters. The molecule has 2 atom stereocenters. The van der Waals surface area contributed by atoms with Crippen molar-refractivity contribution < 1.29 is 4.79 Å². The Morgan fingerprint density at radius 3 is 2.77 bits per heavy atom. The van der Waals surface area contributed by atoms with Crippen LogP contribution in [0.4, 0.5) is 0 Å². The molecule has 22 heavy (non-hydrogen) atoms. The molecule has 0 saturated heterocycles. The average molecular weight is 332 g/mol. The Balaban J connectivity index is 1.48. The van der Waals surface area contributed by atoms with Gasteiger partial charge in [0.2, 0.25) is 5.91 Å². The van der Waals surface area contributed by atoms with Crippen molar-refractivity contribution in [2.24, 2.45) is 5.92 Å². The maximum Gasteiger partial charge on any atom is 0.226 e. The van der Waals surface area contributed by atoms with Gasteiger partial charge in [0.05, 0.1) is 0 Å². The van der Waals surface area contributed by atoms with Crippen molar-refractivity contribution in [1.29, 1.82) is 0 Å². The molecule has 4 heteroatoms. The van der Waals surface area contributed by atoms with Gasteiger partial charge in [-0.15, -0.1) is 0 Å². The Hall–Kier alpha value is -1.32. The number of carbonyl (C=O) groups excluding carboxylic acids is 1. The first-order valence-corrected chi connectivity index (χ1v) is 9.12. The summed E-state index contributed by atoms with van der Waals surface area (Å²) in [6, 6.07) is 10.5. The van der Waals surface area contributed by atoms with Crippen LogP contribution in [0.25, 0.3) is 0 Å². The van der Waals surface area contributed by atoms with Crippen molar-refractivity contribution in [3.63, 3.8) is 0 Å². The molecule has 2 fully saturated rings. The standard InChI is InChI=1S/C18H18ClNOS/c19-17-4-2-1-3-14(17)15-9-16(15)18(21)20(13-5-6-13)10-12-7-8-22-11-12/h1-4,7-8,11,13,15-16H,5-6,9-10H2. The van der Waals surface area contributed by atoms with Gasteiger partial charge in [-0.25, -0.2) is 0 Å². The van der Waals surface area contributed by atoms with E-state index >= 15 is 0 Å². The lowest BCUT2D eigenvalue weighted by atomic mass is 10.1. The van der Waals surface area contributed by atoms with Crippen molar-refractivity contribution in [2.45, 2.75) is 37.8 Å². The molecule has 2 aliphatic carbocycles. The monoisotopic (exact) mass is 331 g/mol. The molecule has 0 aliphatic heterocycles. The van der Waals surface area contributed by atoms with E-state index in [4.69, 9.17) is 11.6 Å². The van der Waals surface area contributed by atoms with E-state index in [0.717, 1.165) is 36.4 Å². The lowest BCUT2D eigenvalue weighted by Gasteiger charge is -2.22. The van der Waals surface area contributed by atoms with Crippen molar-refractivity contribution in [1.82, 2.24) is 4.90 Å². The van der Waals surface area contributed by atoms with E-state index in [1.165, 1.54) is 5.56 Å². The van der Waals surface area contributed by atoms with Gasteiger partial charge in [0.25, 0.3) is 0 Å². The minimum absolute atomic E-state index is 0.124. The number of hydrogen-bond donors (Lipinski definition) is 0. The number of benzene rings is 1. The maximum atomic E-state index is 12.9. The molecule has 114 valence electrons. The van der Waals surface area contributed by atoms with Crippen LogP contribution in [0.1, 0.15) is 36.3 Å². The van der Waals surface area contributed by atoms with Gasteiger partial charge in [-0.05, 0) is 59.2 Å². The minimum Gasteiger partial charge on any atom is -0.335 e. The third-order valence-electron chi connectivity index (χ3n) is 4.62. The second-order valence-electron chi connectivity index (χ2n) is 6.30. The van der Waals surface area contributed by atoms with Gasteiger partial charge in [-0.1, -0.05) is 29.8 Å². The normalized spacial score (nSPS) is 23.3. The fourth-order valence-corrected chi connectivity index (χ4v) is 4.09. The van der Waals surface area contributed by atoms with Crippen LogP contribution in [0.15, 0.2) is 41.1 Å². The van der Waals surface area contributed by atoms with Gasteiger partial charge in [-0.2, -0.15) is 11.3 Å². The predicted octanol–water partition coefficient (Wildman–Crippen LogP) is 4.70. The van der Waals surface area contributed by atoms with E-state index in [1.54, 1.807) is 11.3 Å². The zero-order valence-corrected chi connectivity index (χ0v) is 13.8. The van der Waals surface area contributed by atoms with Gasteiger partial charge in [0, 0.05) is 23.5 Å². The molecule has 2 nitrogen and oxygen atoms in total. The van der Waals surface area contributed by atoms with Crippen LogP contribution in [0.3, 0.4) is 0 Å². The van der Waals surface area contributed by atoms with Crippen LogP contribution in [-0.2, 0) is 11.3 Å². The number of nitrogens with zero attached hydrogens (tertiary/aromatic N) is 1. The number of hydrogen-bond acceptors (Lipinski definition) is 2. The molecule has 1 aromatic carbocycles. The zero-order chi connectivity index (χ0) is 15.1. The first-order chi connectivity index (χ1) is 10.7. The smallest absolute Gasteiger partial charge is 0.226 e. The molecule has 1 aromatic heterocycles. The van der Waals surface area contributed by atoms with Crippen molar-refractivity contribution in [3.8, 4) is 0 Å². The van der Waals surface area contributed by atoms with Crippen molar-refractivity contribution in [3.05, 3.63) is 57.2 Å². The van der Waals surface area contributed by atoms with Crippen LogP contribution < -0.4 is 0 Å². The number of halogens is 1. The quantitative estimate of drug-likeness (QED) is 0.778. The highest BCUT2D eigenvalue weighted by atomic mass is 35.5. The first kappa shape index (κ1) is 14.3. The number of carbonyl (C=O) groups is 1. The number of amides is 1. The second kappa shape index (κ2) is 5.71. The molecule has 1 heterocycles. The maximum absolute atomic E-state index is 12.9. The highest BCUT2D eigenvalue weighted by Gasteiger charge is 2.48. The lowest BCUT2D eigenvalue weighted by Crippen LogP contribution is -2.34. The fraction of sp³-hybridized carbons (Fsp3) is 0.389. The predicted molar refractivity (Wildman–Crippen MR) is 90.2 cm³/mol. The van der Waals surface area contributed by atoms with Gasteiger partial charge < -0.3 is 4.90 Å². The molecule has 2 aromatic rings. The van der Waals surface area contributed by atoms with E-state index in [0.29, 0.717) is 17.9 Å². The Labute approximate surface area is 139 Å². The van der Waals surface area contributed by atoms with Crippen molar-refractivity contribution in [2.75, 3.05) is 0 Å².